The Morgan fingerprint density at radius 1 is 1.31 bits per heavy atom. The number of rotatable bonds is 4. The standard InChI is InChI=1S/C12H16F3N/c1-3-9(8-16-2)10-5-4-6-11(7-10)12(13,14)15/h4-7,9,16H,3,8H2,1-2H3. The quantitative estimate of drug-likeness (QED) is 0.837. The molecule has 0 fully saturated rings. The van der Waals surface area contributed by atoms with Crippen LogP contribution in [-0.2, 0) is 6.18 Å². The van der Waals surface area contributed by atoms with Gasteiger partial charge in [-0.15, -0.1) is 0 Å². The highest BCUT2D eigenvalue weighted by Gasteiger charge is 2.30. The van der Waals surface area contributed by atoms with E-state index < -0.39 is 11.7 Å². The average Bonchev–Trinajstić information content (AvgIpc) is 2.25. The van der Waals surface area contributed by atoms with Crippen LogP contribution < -0.4 is 5.32 Å². The molecular weight excluding hydrogens is 215 g/mol. The molecule has 0 saturated heterocycles. The lowest BCUT2D eigenvalue weighted by atomic mass is 9.95. The van der Waals surface area contributed by atoms with Gasteiger partial charge in [-0.25, -0.2) is 0 Å². The topological polar surface area (TPSA) is 12.0 Å². The van der Waals surface area contributed by atoms with E-state index in [1.165, 1.54) is 12.1 Å². The zero-order chi connectivity index (χ0) is 12.2. The Morgan fingerprint density at radius 2 is 2.00 bits per heavy atom. The van der Waals surface area contributed by atoms with Crippen LogP contribution in [0.25, 0.3) is 0 Å². The molecule has 0 aliphatic heterocycles. The first-order valence-corrected chi connectivity index (χ1v) is 5.30. The van der Waals surface area contributed by atoms with Gasteiger partial charge in [0.15, 0.2) is 0 Å². The van der Waals surface area contributed by atoms with E-state index in [0.29, 0.717) is 6.54 Å². The van der Waals surface area contributed by atoms with E-state index in [0.717, 1.165) is 18.1 Å². The van der Waals surface area contributed by atoms with Gasteiger partial charge < -0.3 is 5.32 Å². The number of halogens is 3. The lowest BCUT2D eigenvalue weighted by Gasteiger charge is -2.16. The van der Waals surface area contributed by atoms with Gasteiger partial charge in [0.05, 0.1) is 5.56 Å². The van der Waals surface area contributed by atoms with Crippen molar-refractivity contribution in [3.05, 3.63) is 35.4 Å². The summed E-state index contributed by atoms with van der Waals surface area (Å²) in [6.07, 6.45) is -3.43. The van der Waals surface area contributed by atoms with E-state index in [-0.39, 0.29) is 5.92 Å². The molecule has 0 heterocycles. The molecule has 1 rings (SSSR count). The molecule has 1 aromatic rings. The van der Waals surface area contributed by atoms with Gasteiger partial charge in [0, 0.05) is 6.54 Å². The summed E-state index contributed by atoms with van der Waals surface area (Å²) in [6, 6.07) is 5.57. The number of likely N-dealkylation sites (N-methyl/N-ethyl adjacent to an activating group) is 1. The van der Waals surface area contributed by atoms with Gasteiger partial charge in [-0.1, -0.05) is 25.1 Å². The molecular formula is C12H16F3N. The lowest BCUT2D eigenvalue weighted by Crippen LogP contribution is -2.17. The number of hydrogen-bond donors (Lipinski definition) is 1. The second kappa shape index (κ2) is 5.34. The van der Waals surface area contributed by atoms with Gasteiger partial charge in [0.1, 0.15) is 0 Å². The highest BCUT2D eigenvalue weighted by Crippen LogP contribution is 2.31. The third-order valence-electron chi connectivity index (χ3n) is 2.63. The number of benzene rings is 1. The van der Waals surface area contributed by atoms with Crippen LogP contribution in [0.3, 0.4) is 0 Å². The Kier molecular flexibility index (Phi) is 4.35. The van der Waals surface area contributed by atoms with Crippen molar-refractivity contribution in [1.82, 2.24) is 5.32 Å². The summed E-state index contributed by atoms with van der Waals surface area (Å²) in [7, 11) is 1.80. The van der Waals surface area contributed by atoms with E-state index in [4.69, 9.17) is 0 Å². The fourth-order valence-corrected chi connectivity index (χ4v) is 1.71. The van der Waals surface area contributed by atoms with Crippen molar-refractivity contribution < 1.29 is 13.2 Å². The van der Waals surface area contributed by atoms with Crippen molar-refractivity contribution in [2.75, 3.05) is 13.6 Å². The van der Waals surface area contributed by atoms with Crippen molar-refractivity contribution in [1.29, 1.82) is 0 Å². The van der Waals surface area contributed by atoms with Gasteiger partial charge >= 0.3 is 6.18 Å². The van der Waals surface area contributed by atoms with E-state index >= 15 is 0 Å². The maximum Gasteiger partial charge on any atom is 0.416 e. The summed E-state index contributed by atoms with van der Waals surface area (Å²) in [5, 5.41) is 2.99. The first-order chi connectivity index (χ1) is 7.49. The molecule has 1 nitrogen and oxygen atoms in total. The predicted molar refractivity (Wildman–Crippen MR) is 58.4 cm³/mol. The summed E-state index contributed by atoms with van der Waals surface area (Å²) in [6.45, 7) is 2.67. The molecule has 4 heteroatoms. The summed E-state index contributed by atoms with van der Waals surface area (Å²) < 4.78 is 37.5. The smallest absolute Gasteiger partial charge is 0.319 e. The molecule has 1 atom stereocenters. The van der Waals surface area contributed by atoms with Gasteiger partial charge in [0.2, 0.25) is 0 Å². The molecule has 0 aromatic heterocycles. The number of alkyl halides is 3. The zero-order valence-corrected chi connectivity index (χ0v) is 9.43. The van der Waals surface area contributed by atoms with E-state index in [2.05, 4.69) is 5.32 Å². The molecule has 1 aromatic carbocycles. The van der Waals surface area contributed by atoms with Crippen LogP contribution in [-0.4, -0.2) is 13.6 Å². The van der Waals surface area contributed by atoms with Crippen molar-refractivity contribution >= 4 is 0 Å². The zero-order valence-electron chi connectivity index (χ0n) is 9.43. The van der Waals surface area contributed by atoms with Crippen molar-refractivity contribution in [2.24, 2.45) is 0 Å². The Labute approximate surface area is 93.7 Å². The third kappa shape index (κ3) is 3.23. The maximum absolute atomic E-state index is 12.5. The molecule has 0 aliphatic rings. The Balaban J connectivity index is 2.97. The molecule has 0 spiro atoms. The second-order valence-electron chi connectivity index (χ2n) is 3.79. The minimum absolute atomic E-state index is 0.132. The van der Waals surface area contributed by atoms with Crippen LogP contribution in [0.2, 0.25) is 0 Å². The summed E-state index contributed by atoms with van der Waals surface area (Å²) in [5.41, 5.74) is 0.172. The number of hydrogen-bond acceptors (Lipinski definition) is 1. The number of nitrogens with one attached hydrogen (secondary N) is 1. The molecule has 1 unspecified atom stereocenters. The molecule has 0 amide bonds. The van der Waals surface area contributed by atoms with Crippen molar-refractivity contribution in [3.63, 3.8) is 0 Å². The Bertz CT molecular complexity index is 333. The van der Waals surface area contributed by atoms with Crippen LogP contribution in [0.15, 0.2) is 24.3 Å². The summed E-state index contributed by atoms with van der Waals surface area (Å²) in [4.78, 5) is 0. The molecule has 0 saturated carbocycles. The van der Waals surface area contributed by atoms with E-state index in [1.807, 2.05) is 6.92 Å². The van der Waals surface area contributed by atoms with Crippen LogP contribution in [0, 0.1) is 0 Å². The van der Waals surface area contributed by atoms with Crippen LogP contribution >= 0.6 is 0 Å². The van der Waals surface area contributed by atoms with Crippen molar-refractivity contribution in [2.45, 2.75) is 25.4 Å². The van der Waals surface area contributed by atoms with Gasteiger partial charge in [-0.2, -0.15) is 13.2 Å². The normalized spacial score (nSPS) is 13.8. The molecule has 0 aliphatic carbocycles. The van der Waals surface area contributed by atoms with Gasteiger partial charge in [-0.05, 0) is 31.0 Å². The summed E-state index contributed by atoms with van der Waals surface area (Å²) in [5.74, 6) is 0.132. The molecule has 1 N–H and O–H groups in total. The first kappa shape index (κ1) is 13.0. The fourth-order valence-electron chi connectivity index (χ4n) is 1.71. The maximum atomic E-state index is 12.5. The predicted octanol–water partition coefficient (Wildman–Crippen LogP) is 3.42. The molecule has 0 bridgehead atoms. The minimum Gasteiger partial charge on any atom is -0.319 e. The van der Waals surface area contributed by atoms with E-state index in [9.17, 15) is 13.2 Å². The second-order valence-corrected chi connectivity index (χ2v) is 3.79. The fraction of sp³-hybridized carbons (Fsp3) is 0.500. The van der Waals surface area contributed by atoms with Gasteiger partial charge in [0.25, 0.3) is 0 Å². The highest BCUT2D eigenvalue weighted by atomic mass is 19.4. The van der Waals surface area contributed by atoms with E-state index in [1.54, 1.807) is 13.1 Å². The highest BCUT2D eigenvalue weighted by molar-refractivity contribution is 5.28. The van der Waals surface area contributed by atoms with Crippen LogP contribution in [0.5, 0.6) is 0 Å². The first-order valence-electron chi connectivity index (χ1n) is 5.30. The lowest BCUT2D eigenvalue weighted by molar-refractivity contribution is -0.137. The summed E-state index contributed by atoms with van der Waals surface area (Å²) >= 11 is 0. The van der Waals surface area contributed by atoms with Gasteiger partial charge in [-0.3, -0.25) is 0 Å². The van der Waals surface area contributed by atoms with Crippen molar-refractivity contribution in [3.8, 4) is 0 Å². The Morgan fingerprint density at radius 3 is 2.50 bits per heavy atom. The monoisotopic (exact) mass is 231 g/mol. The van der Waals surface area contributed by atoms with Crippen LogP contribution in [0.1, 0.15) is 30.4 Å². The Hall–Kier alpha value is -1.03. The SMILES string of the molecule is CCC(CNC)c1cccc(C(F)(F)F)c1. The average molecular weight is 231 g/mol. The third-order valence-corrected chi connectivity index (χ3v) is 2.63. The minimum atomic E-state index is -4.26. The molecule has 16 heavy (non-hydrogen) atoms. The largest absolute Gasteiger partial charge is 0.416 e. The molecule has 0 radical (unpaired) electrons. The molecule has 90 valence electrons. The van der Waals surface area contributed by atoms with Crippen LogP contribution in [0.4, 0.5) is 13.2 Å².